The second-order valence-electron chi connectivity index (χ2n) is 13.3. The van der Waals surface area contributed by atoms with E-state index in [9.17, 15) is 9.59 Å². The number of hydrogen-bond acceptors (Lipinski definition) is 7. The van der Waals surface area contributed by atoms with Gasteiger partial charge in [-0.3, -0.25) is 9.59 Å². The monoisotopic (exact) mass is 657 g/mol. The van der Waals surface area contributed by atoms with Crippen molar-refractivity contribution in [2.24, 2.45) is 0 Å². The number of aryl methyl sites for hydroxylation is 1. The first-order chi connectivity index (χ1) is 23.8. The van der Waals surface area contributed by atoms with Crippen LogP contribution < -0.4 is 15.5 Å². The third kappa shape index (κ3) is 8.65. The molecule has 0 spiro atoms. The number of anilines is 1. The summed E-state index contributed by atoms with van der Waals surface area (Å²) in [6, 6.07) is 33.6. The van der Waals surface area contributed by atoms with Crippen molar-refractivity contribution < 1.29 is 14.3 Å². The van der Waals surface area contributed by atoms with E-state index in [1.54, 1.807) is 0 Å². The smallest absolute Gasteiger partial charge is 0.249 e. The van der Waals surface area contributed by atoms with E-state index in [1.807, 2.05) is 123 Å². The van der Waals surface area contributed by atoms with E-state index in [4.69, 9.17) is 4.74 Å². The van der Waals surface area contributed by atoms with Gasteiger partial charge >= 0.3 is 0 Å². The molecular formula is C39H43N7O3. The molecule has 1 unspecified atom stereocenters. The molecule has 0 aliphatic carbocycles. The van der Waals surface area contributed by atoms with Gasteiger partial charge in [0.25, 0.3) is 0 Å². The first-order valence-corrected chi connectivity index (χ1v) is 16.8. The number of tetrazole rings is 1. The lowest BCUT2D eigenvalue weighted by Crippen LogP contribution is -2.51. The average molecular weight is 658 g/mol. The first kappa shape index (κ1) is 33.7. The van der Waals surface area contributed by atoms with Crippen molar-refractivity contribution in [2.75, 3.05) is 11.4 Å². The zero-order valence-corrected chi connectivity index (χ0v) is 28.2. The van der Waals surface area contributed by atoms with Gasteiger partial charge < -0.3 is 20.3 Å². The summed E-state index contributed by atoms with van der Waals surface area (Å²) in [4.78, 5) is 29.3. The quantitative estimate of drug-likeness (QED) is 0.145. The highest BCUT2D eigenvalue weighted by Gasteiger charge is 2.33. The molecule has 3 N–H and O–H groups in total. The summed E-state index contributed by atoms with van der Waals surface area (Å²) in [5, 5.41) is 20.9. The van der Waals surface area contributed by atoms with Gasteiger partial charge in [0.2, 0.25) is 11.8 Å². The highest BCUT2D eigenvalue weighted by molar-refractivity contribution is 6.00. The molecule has 10 nitrogen and oxygen atoms in total. The fraction of sp³-hybridized carbons (Fsp3) is 0.308. The van der Waals surface area contributed by atoms with Crippen LogP contribution in [0.3, 0.4) is 0 Å². The van der Waals surface area contributed by atoms with Crippen LogP contribution in [0.5, 0.6) is 0 Å². The Kier molecular flexibility index (Phi) is 10.6. The molecule has 252 valence electrons. The zero-order valence-electron chi connectivity index (χ0n) is 28.2. The van der Waals surface area contributed by atoms with Crippen molar-refractivity contribution in [1.82, 2.24) is 31.3 Å². The van der Waals surface area contributed by atoms with Crippen molar-refractivity contribution >= 4 is 17.5 Å². The summed E-state index contributed by atoms with van der Waals surface area (Å²) in [5.41, 5.74) is 6.49. The molecule has 4 aromatic carbocycles. The number of amides is 2. The van der Waals surface area contributed by atoms with Gasteiger partial charge in [0, 0.05) is 29.8 Å². The van der Waals surface area contributed by atoms with Gasteiger partial charge in [0.15, 0.2) is 5.82 Å². The highest BCUT2D eigenvalue weighted by Crippen LogP contribution is 2.32. The molecule has 2 atom stereocenters. The van der Waals surface area contributed by atoms with Gasteiger partial charge in [-0.2, -0.15) is 0 Å². The number of hydrogen-bond donors (Lipinski definition) is 3. The number of carbonyl (C=O) groups excluding carboxylic acids is 2. The molecule has 0 fully saturated rings. The van der Waals surface area contributed by atoms with Crippen molar-refractivity contribution in [3.8, 4) is 22.5 Å². The molecule has 2 heterocycles. The number of nitrogens with zero attached hydrogens (tertiary/aromatic N) is 4. The Morgan fingerprint density at radius 1 is 0.939 bits per heavy atom. The molecule has 0 bridgehead atoms. The zero-order chi connectivity index (χ0) is 34.2. The van der Waals surface area contributed by atoms with E-state index in [0.29, 0.717) is 38.4 Å². The summed E-state index contributed by atoms with van der Waals surface area (Å²) < 4.78 is 6.00. The minimum absolute atomic E-state index is 0.0348. The van der Waals surface area contributed by atoms with E-state index >= 15 is 0 Å². The predicted octanol–water partition coefficient (Wildman–Crippen LogP) is 5.86. The second-order valence-corrected chi connectivity index (χ2v) is 13.3. The number of H-pyrrole nitrogens is 1. The highest BCUT2D eigenvalue weighted by atomic mass is 16.5. The predicted molar refractivity (Wildman–Crippen MR) is 190 cm³/mol. The van der Waals surface area contributed by atoms with Gasteiger partial charge in [-0.15, -0.1) is 5.10 Å². The van der Waals surface area contributed by atoms with Crippen LogP contribution in [0.2, 0.25) is 0 Å². The summed E-state index contributed by atoms with van der Waals surface area (Å²) in [7, 11) is 0. The number of benzene rings is 4. The molecule has 6 rings (SSSR count). The number of fused-ring (bicyclic) bond motifs is 1. The summed E-state index contributed by atoms with van der Waals surface area (Å²) in [6.07, 6.45) is 1.41. The molecule has 1 aliphatic heterocycles. The molecule has 0 saturated heterocycles. The Balaban J connectivity index is 1.10. The van der Waals surface area contributed by atoms with Gasteiger partial charge in [-0.05, 0) is 77.9 Å². The molecule has 5 aromatic rings. The van der Waals surface area contributed by atoms with Crippen LogP contribution in [0, 0.1) is 0 Å². The number of ether oxygens (including phenoxy) is 1. The first-order valence-electron chi connectivity index (χ1n) is 16.8. The maximum atomic E-state index is 14.1. The van der Waals surface area contributed by atoms with Crippen LogP contribution in [0.4, 0.5) is 5.69 Å². The van der Waals surface area contributed by atoms with Gasteiger partial charge in [0.05, 0.1) is 19.3 Å². The Bertz CT molecular complexity index is 1840. The summed E-state index contributed by atoms with van der Waals surface area (Å²) in [6.45, 7) is 7.53. The van der Waals surface area contributed by atoms with Crippen LogP contribution in [0.25, 0.3) is 22.5 Å². The third-order valence-electron chi connectivity index (χ3n) is 8.87. The van der Waals surface area contributed by atoms with E-state index in [2.05, 4.69) is 37.3 Å². The fourth-order valence-electron chi connectivity index (χ4n) is 6.20. The van der Waals surface area contributed by atoms with Crippen molar-refractivity contribution in [1.29, 1.82) is 0 Å². The molecule has 1 aromatic heterocycles. The lowest BCUT2D eigenvalue weighted by molar-refractivity contribution is -0.128. The molecular weight excluding hydrogens is 614 g/mol. The standard InChI is InChI=1S/C39H43N7O3/c1-27(49-26-29-11-5-4-6-12-29)24-40-39(2,3)23-36(47)41-34-22-21-31-13-7-10-16-35(31)46(38(34)48)25-28-17-19-30(20-18-28)32-14-8-9-15-33(32)37-42-44-45-43-37/h4-20,27,34,40H,21-26H2,1-3H3,(H,41,47)(H,42,43,44,45)/t27?,34-/m1/s1. The second kappa shape index (κ2) is 15.4. The largest absolute Gasteiger partial charge is 0.373 e. The number of aromatic nitrogens is 4. The number of para-hydroxylation sites is 1. The van der Waals surface area contributed by atoms with E-state index in [0.717, 1.165) is 39.1 Å². The average Bonchev–Trinajstić information content (AvgIpc) is 3.62. The van der Waals surface area contributed by atoms with Gasteiger partial charge in [0.1, 0.15) is 6.04 Å². The Morgan fingerprint density at radius 3 is 2.41 bits per heavy atom. The van der Waals surface area contributed by atoms with E-state index < -0.39 is 11.6 Å². The Hall–Kier alpha value is -5.19. The maximum Gasteiger partial charge on any atom is 0.249 e. The van der Waals surface area contributed by atoms with Crippen molar-refractivity contribution in [3.63, 3.8) is 0 Å². The van der Waals surface area contributed by atoms with Crippen molar-refractivity contribution in [3.05, 3.63) is 120 Å². The normalized spacial score (nSPS) is 15.4. The molecule has 49 heavy (non-hydrogen) atoms. The SMILES string of the molecule is CC(CNC(C)(C)CC(=O)N[C@@H]1CCc2ccccc2N(Cc2ccc(-c3ccccc3-c3nnn[nH]3)cc2)C1=O)OCc1ccccc1. The van der Waals surface area contributed by atoms with Crippen LogP contribution in [0.15, 0.2) is 103 Å². The van der Waals surface area contributed by atoms with Crippen LogP contribution in [-0.2, 0) is 33.9 Å². The van der Waals surface area contributed by atoms with Crippen LogP contribution in [0.1, 0.15) is 50.3 Å². The molecule has 2 amide bonds. The summed E-state index contributed by atoms with van der Waals surface area (Å²) >= 11 is 0. The minimum Gasteiger partial charge on any atom is -0.373 e. The van der Waals surface area contributed by atoms with Crippen LogP contribution >= 0.6 is 0 Å². The topological polar surface area (TPSA) is 125 Å². The van der Waals surface area contributed by atoms with Gasteiger partial charge in [-0.1, -0.05) is 97.1 Å². The number of nitrogens with one attached hydrogen (secondary N) is 3. The Labute approximate surface area is 287 Å². The van der Waals surface area contributed by atoms with Gasteiger partial charge in [-0.25, -0.2) is 5.10 Å². The molecule has 1 aliphatic rings. The van der Waals surface area contributed by atoms with E-state index in [-0.39, 0.29) is 24.3 Å². The number of aromatic amines is 1. The summed E-state index contributed by atoms with van der Waals surface area (Å²) in [5.74, 6) is 0.324. The lowest BCUT2D eigenvalue weighted by Gasteiger charge is -2.30. The molecule has 0 radical (unpaired) electrons. The molecule has 10 heteroatoms. The minimum atomic E-state index is -0.634. The van der Waals surface area contributed by atoms with Crippen LogP contribution in [-0.4, -0.2) is 56.7 Å². The fourth-order valence-corrected chi connectivity index (χ4v) is 6.20. The van der Waals surface area contributed by atoms with E-state index in [1.165, 1.54) is 0 Å². The third-order valence-corrected chi connectivity index (χ3v) is 8.87. The number of rotatable bonds is 13. The number of carbonyl (C=O) groups is 2. The molecule has 0 saturated carbocycles. The maximum absolute atomic E-state index is 14.1. The Morgan fingerprint density at radius 2 is 1.65 bits per heavy atom. The lowest BCUT2D eigenvalue weighted by atomic mass is 9.98. The van der Waals surface area contributed by atoms with Crippen molar-refractivity contribution in [2.45, 2.75) is 70.9 Å².